The quantitative estimate of drug-likeness (QED) is 0.638. The third-order valence-electron chi connectivity index (χ3n) is 5.87. The molecule has 32 heavy (non-hydrogen) atoms. The van der Waals surface area contributed by atoms with Crippen LogP contribution in [0.1, 0.15) is 40.6 Å². The van der Waals surface area contributed by atoms with Crippen LogP contribution in [-0.4, -0.2) is 42.6 Å². The molecule has 1 saturated heterocycles. The maximum Gasteiger partial charge on any atom is 0.291 e. The molecular weight excluding hydrogens is 412 g/mol. The van der Waals surface area contributed by atoms with Gasteiger partial charge in [-0.1, -0.05) is 24.3 Å². The summed E-state index contributed by atoms with van der Waals surface area (Å²) >= 11 is 0. The maximum atomic E-state index is 13.4. The van der Waals surface area contributed by atoms with Crippen LogP contribution in [0.2, 0.25) is 0 Å². The maximum absolute atomic E-state index is 13.4. The van der Waals surface area contributed by atoms with Crippen molar-refractivity contribution in [3.63, 3.8) is 0 Å². The van der Waals surface area contributed by atoms with E-state index in [4.69, 9.17) is 19.6 Å². The number of hydrogen-bond acceptors (Lipinski definition) is 6. The topological polar surface area (TPSA) is 112 Å². The zero-order chi connectivity index (χ0) is 22.2. The van der Waals surface area contributed by atoms with Gasteiger partial charge in [-0.3, -0.25) is 14.4 Å². The largest absolute Gasteiger partial charge is 0.484 e. The van der Waals surface area contributed by atoms with Gasteiger partial charge in [0.15, 0.2) is 12.0 Å². The number of amides is 2. The first-order valence-corrected chi connectivity index (χ1v) is 10.5. The van der Waals surface area contributed by atoms with Gasteiger partial charge in [0.2, 0.25) is 5.76 Å². The highest BCUT2D eigenvalue weighted by Crippen LogP contribution is 2.39. The molecule has 2 amide bonds. The summed E-state index contributed by atoms with van der Waals surface area (Å²) in [5, 5.41) is 0.435. The number of benzene rings is 2. The van der Waals surface area contributed by atoms with Crippen LogP contribution in [0.4, 0.5) is 0 Å². The highest BCUT2D eigenvalue weighted by molar-refractivity contribution is 5.99. The van der Waals surface area contributed by atoms with E-state index >= 15 is 0 Å². The first-order chi connectivity index (χ1) is 15.5. The molecule has 0 saturated carbocycles. The molecule has 3 aromatic rings. The Balaban J connectivity index is 1.59. The summed E-state index contributed by atoms with van der Waals surface area (Å²) in [7, 11) is 0. The molecule has 2 atom stereocenters. The fourth-order valence-electron chi connectivity index (χ4n) is 4.41. The predicted octanol–water partition coefficient (Wildman–Crippen LogP) is 2.38. The van der Waals surface area contributed by atoms with E-state index in [1.807, 2.05) is 0 Å². The Bertz CT molecular complexity index is 1240. The molecule has 164 valence electrons. The van der Waals surface area contributed by atoms with E-state index in [2.05, 4.69) is 0 Å². The summed E-state index contributed by atoms with van der Waals surface area (Å²) in [6, 6.07) is 13.3. The lowest BCUT2D eigenvalue weighted by atomic mass is 9.98. The van der Waals surface area contributed by atoms with Crippen molar-refractivity contribution in [2.75, 3.05) is 19.8 Å². The van der Waals surface area contributed by atoms with Gasteiger partial charge in [0, 0.05) is 13.2 Å². The number of nitrogens with zero attached hydrogens (tertiary/aromatic N) is 1. The number of para-hydroxylation sites is 1. The van der Waals surface area contributed by atoms with Crippen molar-refractivity contribution in [2.24, 2.45) is 5.73 Å². The Morgan fingerprint density at radius 2 is 1.91 bits per heavy atom. The van der Waals surface area contributed by atoms with E-state index in [-0.39, 0.29) is 29.8 Å². The van der Waals surface area contributed by atoms with Gasteiger partial charge in [-0.05, 0) is 42.7 Å². The van der Waals surface area contributed by atoms with E-state index in [1.54, 1.807) is 53.4 Å². The first kappa shape index (κ1) is 20.3. The minimum absolute atomic E-state index is 0.0748. The molecule has 0 aliphatic carbocycles. The Morgan fingerprint density at radius 3 is 2.62 bits per heavy atom. The minimum atomic E-state index is -0.604. The number of fused-ring (bicyclic) bond motifs is 2. The molecule has 8 nitrogen and oxygen atoms in total. The fraction of sp³-hybridized carbons (Fsp3) is 0.292. The van der Waals surface area contributed by atoms with Crippen LogP contribution in [0.5, 0.6) is 5.75 Å². The van der Waals surface area contributed by atoms with Gasteiger partial charge in [0.05, 0.1) is 23.1 Å². The van der Waals surface area contributed by atoms with Crippen LogP contribution in [0.3, 0.4) is 0 Å². The molecule has 0 bridgehead atoms. The minimum Gasteiger partial charge on any atom is -0.484 e. The summed E-state index contributed by atoms with van der Waals surface area (Å²) in [4.78, 5) is 39.4. The van der Waals surface area contributed by atoms with Crippen LogP contribution in [0, 0.1) is 0 Å². The van der Waals surface area contributed by atoms with Crippen molar-refractivity contribution in [3.05, 3.63) is 75.6 Å². The van der Waals surface area contributed by atoms with Crippen molar-refractivity contribution in [3.8, 4) is 5.75 Å². The van der Waals surface area contributed by atoms with Crippen molar-refractivity contribution >= 4 is 22.8 Å². The molecule has 3 heterocycles. The lowest BCUT2D eigenvalue weighted by Gasteiger charge is -2.27. The van der Waals surface area contributed by atoms with Crippen molar-refractivity contribution in [1.29, 1.82) is 0 Å². The van der Waals surface area contributed by atoms with Gasteiger partial charge in [-0.25, -0.2) is 0 Å². The molecule has 2 aliphatic heterocycles. The SMILES string of the molecule is NC(=O)COc1ccc([C@H]2c3c(oc4ccccc4c3=O)C(=O)N2C[C@H]2CCCO2)cc1. The zero-order valence-corrected chi connectivity index (χ0v) is 17.3. The van der Waals surface area contributed by atoms with Crippen LogP contribution in [-0.2, 0) is 9.53 Å². The second-order valence-corrected chi connectivity index (χ2v) is 7.99. The zero-order valence-electron chi connectivity index (χ0n) is 17.3. The van der Waals surface area contributed by atoms with Gasteiger partial charge < -0.3 is 24.5 Å². The molecule has 0 unspecified atom stereocenters. The van der Waals surface area contributed by atoms with Crippen LogP contribution in [0.25, 0.3) is 11.0 Å². The molecule has 1 aromatic heterocycles. The average Bonchev–Trinajstić information content (AvgIpc) is 3.40. The van der Waals surface area contributed by atoms with Crippen LogP contribution >= 0.6 is 0 Å². The molecule has 0 radical (unpaired) electrons. The molecule has 1 fully saturated rings. The smallest absolute Gasteiger partial charge is 0.291 e. The second kappa shape index (κ2) is 8.12. The lowest BCUT2D eigenvalue weighted by Crippen LogP contribution is -2.36. The summed E-state index contributed by atoms with van der Waals surface area (Å²) in [6.45, 7) is 0.797. The predicted molar refractivity (Wildman–Crippen MR) is 115 cm³/mol. The molecule has 5 rings (SSSR count). The number of rotatable bonds is 6. The van der Waals surface area contributed by atoms with Crippen LogP contribution < -0.4 is 15.9 Å². The highest BCUT2D eigenvalue weighted by atomic mass is 16.5. The van der Waals surface area contributed by atoms with E-state index in [9.17, 15) is 14.4 Å². The molecule has 2 aliphatic rings. The van der Waals surface area contributed by atoms with Gasteiger partial charge in [-0.15, -0.1) is 0 Å². The number of nitrogens with two attached hydrogens (primary N) is 1. The normalized spacial score (nSPS) is 20.0. The Morgan fingerprint density at radius 1 is 1.12 bits per heavy atom. The molecule has 2 N–H and O–H groups in total. The van der Waals surface area contributed by atoms with E-state index in [0.29, 0.717) is 35.4 Å². The second-order valence-electron chi connectivity index (χ2n) is 7.99. The Kier molecular flexibility index (Phi) is 5.14. The molecule has 8 heteroatoms. The Hall–Kier alpha value is -3.65. The summed E-state index contributed by atoms with van der Waals surface area (Å²) in [5.41, 5.74) is 6.37. The van der Waals surface area contributed by atoms with Gasteiger partial charge in [-0.2, -0.15) is 0 Å². The van der Waals surface area contributed by atoms with E-state index in [1.165, 1.54) is 0 Å². The van der Waals surface area contributed by atoms with Crippen molar-refractivity contribution in [1.82, 2.24) is 4.90 Å². The number of primary amides is 1. The van der Waals surface area contributed by atoms with E-state index in [0.717, 1.165) is 18.4 Å². The highest BCUT2D eigenvalue weighted by Gasteiger charge is 2.43. The first-order valence-electron chi connectivity index (χ1n) is 10.5. The van der Waals surface area contributed by atoms with Crippen LogP contribution in [0.15, 0.2) is 57.7 Å². The van der Waals surface area contributed by atoms with E-state index < -0.39 is 11.9 Å². The number of carbonyl (C=O) groups excluding carboxylic acids is 2. The molecule has 0 spiro atoms. The Labute approximate surface area is 183 Å². The summed E-state index contributed by atoms with van der Waals surface area (Å²) < 4.78 is 17.0. The monoisotopic (exact) mass is 434 g/mol. The lowest BCUT2D eigenvalue weighted by molar-refractivity contribution is -0.119. The number of hydrogen-bond donors (Lipinski definition) is 1. The standard InChI is InChI=1S/C24H22N2O6/c25-19(27)13-31-15-9-7-14(8-10-15)21-20-22(28)17-5-1-2-6-18(17)32-23(20)24(29)26(21)12-16-4-3-11-30-16/h1-2,5-10,16,21H,3-4,11-13H2,(H2,25,27)/t16-,21+/m1/s1. The van der Waals surface area contributed by atoms with Crippen molar-refractivity contribution in [2.45, 2.75) is 25.0 Å². The van der Waals surface area contributed by atoms with Crippen molar-refractivity contribution < 1.29 is 23.5 Å². The summed E-state index contributed by atoms with van der Waals surface area (Å²) in [5.74, 6) is -0.354. The van der Waals surface area contributed by atoms with Gasteiger partial charge in [0.25, 0.3) is 11.8 Å². The number of carbonyl (C=O) groups is 2. The third kappa shape index (κ3) is 3.52. The average molecular weight is 434 g/mol. The molecular formula is C24H22N2O6. The number of ether oxygens (including phenoxy) is 2. The van der Waals surface area contributed by atoms with Gasteiger partial charge >= 0.3 is 0 Å². The molecule has 2 aromatic carbocycles. The fourth-order valence-corrected chi connectivity index (χ4v) is 4.41. The third-order valence-corrected chi connectivity index (χ3v) is 5.87. The summed E-state index contributed by atoms with van der Waals surface area (Å²) in [6.07, 6.45) is 1.71. The van der Waals surface area contributed by atoms with Gasteiger partial charge in [0.1, 0.15) is 11.3 Å².